The Labute approximate surface area is 123 Å². The second-order valence-electron chi connectivity index (χ2n) is 4.29. The van der Waals surface area contributed by atoms with E-state index in [4.69, 9.17) is 4.74 Å². The molecule has 0 unspecified atom stereocenters. The molecule has 5 heteroatoms. The zero-order valence-corrected chi connectivity index (χ0v) is 12.9. The van der Waals surface area contributed by atoms with Crippen molar-refractivity contribution in [2.24, 2.45) is 0 Å². The molecule has 1 aromatic carbocycles. The van der Waals surface area contributed by atoms with Crippen LogP contribution in [0.4, 0.5) is 0 Å². The molecule has 0 fully saturated rings. The summed E-state index contributed by atoms with van der Waals surface area (Å²) in [5, 5.41) is 2.07. The minimum Gasteiger partial charge on any atom is -0.437 e. The maximum atomic E-state index is 5.95. The van der Waals surface area contributed by atoms with Crippen molar-refractivity contribution in [3.63, 3.8) is 0 Å². The molecule has 0 saturated heterocycles. The first-order valence-corrected chi connectivity index (χ1v) is 7.45. The van der Waals surface area contributed by atoms with E-state index in [1.54, 1.807) is 17.7 Å². The number of rotatable bonds is 2. The van der Waals surface area contributed by atoms with Crippen LogP contribution in [-0.2, 0) is 0 Å². The molecule has 0 saturated carbocycles. The predicted molar refractivity (Wildman–Crippen MR) is 81.1 cm³/mol. The van der Waals surface area contributed by atoms with E-state index in [-0.39, 0.29) is 0 Å². The van der Waals surface area contributed by atoms with E-state index < -0.39 is 0 Å². The van der Waals surface area contributed by atoms with E-state index >= 15 is 0 Å². The average molecular weight is 335 g/mol. The number of halogens is 1. The summed E-state index contributed by atoms with van der Waals surface area (Å²) in [6.45, 7) is 4.06. The summed E-state index contributed by atoms with van der Waals surface area (Å²) in [6.07, 6.45) is 1.55. The molecule has 0 aliphatic carbocycles. The minimum atomic E-state index is 0.615. The van der Waals surface area contributed by atoms with Crippen LogP contribution in [0.2, 0.25) is 0 Å². The number of ether oxygens (including phenoxy) is 1. The fraction of sp³-hybridized carbons (Fsp3) is 0.143. The van der Waals surface area contributed by atoms with Crippen LogP contribution >= 0.6 is 27.3 Å². The van der Waals surface area contributed by atoms with Crippen molar-refractivity contribution in [1.82, 2.24) is 9.97 Å². The lowest BCUT2D eigenvalue weighted by Gasteiger charge is -2.08. The Bertz CT molecular complexity index is 754. The highest BCUT2D eigenvalue weighted by atomic mass is 79.9. The topological polar surface area (TPSA) is 35.0 Å². The Kier molecular flexibility index (Phi) is 3.24. The molecule has 96 valence electrons. The molecule has 2 heterocycles. The Balaban J connectivity index is 2.08. The Morgan fingerprint density at radius 3 is 2.84 bits per heavy atom. The highest BCUT2D eigenvalue weighted by molar-refractivity contribution is 9.10. The molecule has 0 atom stereocenters. The first-order valence-electron chi connectivity index (χ1n) is 5.78. The zero-order chi connectivity index (χ0) is 13.4. The van der Waals surface area contributed by atoms with Crippen molar-refractivity contribution in [2.45, 2.75) is 13.8 Å². The van der Waals surface area contributed by atoms with Crippen molar-refractivity contribution in [1.29, 1.82) is 0 Å². The second kappa shape index (κ2) is 4.90. The van der Waals surface area contributed by atoms with E-state index in [0.29, 0.717) is 5.88 Å². The van der Waals surface area contributed by atoms with Gasteiger partial charge in [0.25, 0.3) is 0 Å². The quantitative estimate of drug-likeness (QED) is 0.671. The van der Waals surface area contributed by atoms with Gasteiger partial charge in [-0.05, 0) is 42.5 Å². The number of nitrogens with zero attached hydrogens (tertiary/aromatic N) is 2. The highest BCUT2D eigenvalue weighted by Gasteiger charge is 2.11. The molecule has 3 aromatic rings. The van der Waals surface area contributed by atoms with Gasteiger partial charge < -0.3 is 4.74 Å². The van der Waals surface area contributed by atoms with Crippen molar-refractivity contribution in [3.8, 4) is 11.6 Å². The normalized spacial score (nSPS) is 10.9. The standard InChI is InChI=1S/C14H11BrN2OS/c1-8-3-4-10(15)5-11(8)18-14-13-12(16-7-17-14)9(2)6-19-13/h3-7H,1-2H3. The van der Waals surface area contributed by atoms with E-state index in [1.165, 1.54) is 0 Å². The minimum absolute atomic E-state index is 0.615. The lowest BCUT2D eigenvalue weighted by atomic mass is 10.2. The van der Waals surface area contributed by atoms with Gasteiger partial charge in [-0.15, -0.1) is 11.3 Å². The molecule has 2 aromatic heterocycles. The monoisotopic (exact) mass is 334 g/mol. The Morgan fingerprint density at radius 1 is 1.16 bits per heavy atom. The van der Waals surface area contributed by atoms with Gasteiger partial charge in [-0.3, -0.25) is 0 Å². The zero-order valence-electron chi connectivity index (χ0n) is 10.5. The molecule has 0 aliphatic heterocycles. The molecule has 19 heavy (non-hydrogen) atoms. The van der Waals surface area contributed by atoms with Crippen molar-refractivity contribution < 1.29 is 4.74 Å². The van der Waals surface area contributed by atoms with Gasteiger partial charge in [0, 0.05) is 4.47 Å². The van der Waals surface area contributed by atoms with Crippen LogP contribution < -0.4 is 4.74 Å². The van der Waals surface area contributed by atoms with Crippen LogP contribution in [-0.4, -0.2) is 9.97 Å². The van der Waals surface area contributed by atoms with Crippen molar-refractivity contribution in [2.75, 3.05) is 0 Å². The van der Waals surface area contributed by atoms with Gasteiger partial charge in [-0.1, -0.05) is 22.0 Å². The summed E-state index contributed by atoms with van der Waals surface area (Å²) in [4.78, 5) is 8.54. The molecule has 0 radical (unpaired) electrons. The molecule has 3 nitrogen and oxygen atoms in total. The van der Waals surface area contributed by atoms with Gasteiger partial charge in [-0.25, -0.2) is 9.97 Å². The third kappa shape index (κ3) is 2.35. The van der Waals surface area contributed by atoms with Crippen LogP contribution in [0.1, 0.15) is 11.1 Å². The highest BCUT2D eigenvalue weighted by Crippen LogP contribution is 2.34. The summed E-state index contributed by atoms with van der Waals surface area (Å²) in [5.74, 6) is 1.42. The number of aryl methyl sites for hydroxylation is 2. The summed E-state index contributed by atoms with van der Waals surface area (Å²) in [5.41, 5.74) is 3.18. The fourth-order valence-electron chi connectivity index (χ4n) is 1.81. The van der Waals surface area contributed by atoms with Crippen LogP contribution in [0.15, 0.2) is 34.4 Å². The maximum Gasteiger partial charge on any atom is 0.240 e. The first kappa shape index (κ1) is 12.6. The first-order chi connectivity index (χ1) is 9.15. The molecule has 0 aliphatic rings. The molecule has 0 bridgehead atoms. The van der Waals surface area contributed by atoms with Gasteiger partial charge in [-0.2, -0.15) is 0 Å². The molecule has 0 amide bonds. The van der Waals surface area contributed by atoms with Crippen LogP contribution in [0.5, 0.6) is 11.6 Å². The lowest BCUT2D eigenvalue weighted by Crippen LogP contribution is -1.91. The van der Waals surface area contributed by atoms with Crippen LogP contribution in [0, 0.1) is 13.8 Å². The third-order valence-electron chi connectivity index (χ3n) is 2.86. The SMILES string of the molecule is Cc1ccc(Br)cc1Oc1ncnc2c(C)csc12. The number of hydrogen-bond acceptors (Lipinski definition) is 4. The summed E-state index contributed by atoms with van der Waals surface area (Å²) >= 11 is 5.06. The van der Waals surface area contributed by atoms with Crippen molar-refractivity contribution >= 4 is 37.5 Å². The largest absolute Gasteiger partial charge is 0.437 e. The van der Waals surface area contributed by atoms with Gasteiger partial charge in [0.05, 0.1) is 5.52 Å². The Morgan fingerprint density at radius 2 is 2.00 bits per heavy atom. The molecular weight excluding hydrogens is 324 g/mol. The lowest BCUT2D eigenvalue weighted by molar-refractivity contribution is 0.465. The number of thiophene rings is 1. The summed E-state index contributed by atoms with van der Waals surface area (Å²) < 4.78 is 7.92. The average Bonchev–Trinajstić information content (AvgIpc) is 2.77. The van der Waals surface area contributed by atoms with Gasteiger partial charge in [0.1, 0.15) is 16.8 Å². The number of benzene rings is 1. The van der Waals surface area contributed by atoms with E-state index in [1.807, 2.05) is 32.0 Å². The van der Waals surface area contributed by atoms with Gasteiger partial charge in [0.15, 0.2) is 0 Å². The predicted octanol–water partition coefficient (Wildman–Crippen LogP) is 4.86. The molecule has 0 N–H and O–H groups in total. The van der Waals surface area contributed by atoms with Crippen molar-refractivity contribution in [3.05, 3.63) is 45.5 Å². The van der Waals surface area contributed by atoms with Crippen LogP contribution in [0.25, 0.3) is 10.2 Å². The summed E-state index contributed by atoms with van der Waals surface area (Å²) in [6, 6.07) is 5.95. The molecular formula is C14H11BrN2OS. The number of fused-ring (bicyclic) bond motifs is 1. The molecule has 3 rings (SSSR count). The van der Waals surface area contributed by atoms with Gasteiger partial charge in [0.2, 0.25) is 5.88 Å². The van der Waals surface area contributed by atoms with Crippen LogP contribution in [0.3, 0.4) is 0 Å². The van der Waals surface area contributed by atoms with Gasteiger partial charge >= 0.3 is 0 Å². The van der Waals surface area contributed by atoms with E-state index in [0.717, 1.165) is 31.6 Å². The second-order valence-corrected chi connectivity index (χ2v) is 6.08. The Hall–Kier alpha value is -1.46. The third-order valence-corrected chi connectivity index (χ3v) is 4.42. The maximum absolute atomic E-state index is 5.95. The van der Waals surface area contributed by atoms with E-state index in [2.05, 4.69) is 31.3 Å². The summed E-state index contributed by atoms with van der Waals surface area (Å²) in [7, 11) is 0. The smallest absolute Gasteiger partial charge is 0.240 e. The van der Waals surface area contributed by atoms with E-state index in [9.17, 15) is 0 Å². The number of aromatic nitrogens is 2. The fourth-order valence-corrected chi connectivity index (χ4v) is 3.08. The number of hydrogen-bond donors (Lipinski definition) is 0. The molecule has 0 spiro atoms.